The van der Waals surface area contributed by atoms with Crippen molar-refractivity contribution in [3.05, 3.63) is 59.6 Å². The maximum atomic E-state index is 15.0. The van der Waals surface area contributed by atoms with Crippen molar-refractivity contribution in [3.8, 4) is 28.6 Å². The molecular formula is C45H53ClF3N5O10S. The zero-order chi connectivity index (χ0) is 47.2. The van der Waals surface area contributed by atoms with Crippen LogP contribution in [0.2, 0.25) is 5.02 Å². The zero-order valence-electron chi connectivity index (χ0n) is 36.8. The molecule has 2 aliphatic carbocycles. The monoisotopic (exact) mass is 947 g/mol. The summed E-state index contributed by atoms with van der Waals surface area (Å²) in [6, 6.07) is 9.30. The first-order valence-corrected chi connectivity index (χ1v) is 23.4. The van der Waals surface area contributed by atoms with Crippen LogP contribution in [-0.4, -0.2) is 104 Å². The van der Waals surface area contributed by atoms with Crippen molar-refractivity contribution in [1.29, 1.82) is 0 Å². The summed E-state index contributed by atoms with van der Waals surface area (Å²) in [4.78, 5) is 62.9. The largest absolute Gasteiger partial charge is 0.497 e. The number of rotatable bonds is 10. The van der Waals surface area contributed by atoms with Gasteiger partial charge in [0.2, 0.25) is 33.3 Å². The second-order valence-corrected chi connectivity index (χ2v) is 20.4. The highest BCUT2D eigenvalue weighted by molar-refractivity contribution is 7.91. The van der Waals surface area contributed by atoms with Crippen LogP contribution in [0.3, 0.4) is 0 Å². The third-order valence-corrected chi connectivity index (χ3v) is 14.8. The second-order valence-electron chi connectivity index (χ2n) is 18.0. The quantitative estimate of drug-likeness (QED) is 0.180. The number of alkyl halides is 3. The van der Waals surface area contributed by atoms with Crippen molar-refractivity contribution in [3.63, 3.8) is 0 Å². The molecule has 352 valence electrons. The SMILES string of the molecule is COc1ccc2c(O[C@@H]3C[C@H]4C(=O)N[C@]5(C(=O)NS(=O)(=O)C6CC6)C[C@H]5/C=C\CC[C@H](C)C[C@@H](C)C(NC(=O)OC(C)(C)C(F)(F)F)C(=O)N4C3)nc(-c3ccc(OC)c(Cl)c3)cc2c1. The van der Waals surface area contributed by atoms with Gasteiger partial charge < -0.3 is 34.5 Å². The normalized spacial score (nSPS) is 27.0. The van der Waals surface area contributed by atoms with Crippen LogP contribution < -0.4 is 29.6 Å². The number of carbonyl (C=O) groups is 4. The van der Waals surface area contributed by atoms with Crippen molar-refractivity contribution in [2.24, 2.45) is 17.8 Å². The molecule has 2 aromatic carbocycles. The Bertz CT molecular complexity index is 2500. The molecule has 1 aromatic heterocycles. The zero-order valence-corrected chi connectivity index (χ0v) is 38.4. The predicted molar refractivity (Wildman–Crippen MR) is 234 cm³/mol. The minimum absolute atomic E-state index is 0.0634. The van der Waals surface area contributed by atoms with Gasteiger partial charge in [-0.1, -0.05) is 37.6 Å². The summed E-state index contributed by atoms with van der Waals surface area (Å²) in [7, 11) is -1.01. The number of nitrogens with one attached hydrogen (secondary N) is 3. The summed E-state index contributed by atoms with van der Waals surface area (Å²) in [5, 5.41) is 6.01. The molecule has 1 saturated heterocycles. The molecule has 2 aliphatic heterocycles. The van der Waals surface area contributed by atoms with Crippen LogP contribution in [0, 0.1) is 17.8 Å². The Morgan fingerprint density at radius 3 is 2.40 bits per heavy atom. The lowest BCUT2D eigenvalue weighted by Gasteiger charge is -2.34. The number of hydrogen-bond donors (Lipinski definition) is 3. The number of fused-ring (bicyclic) bond motifs is 3. The highest BCUT2D eigenvalue weighted by Crippen LogP contribution is 2.46. The molecule has 4 amide bonds. The van der Waals surface area contributed by atoms with E-state index < -0.39 is 86.4 Å². The third-order valence-electron chi connectivity index (χ3n) is 12.6. The predicted octanol–water partition coefficient (Wildman–Crippen LogP) is 6.85. The van der Waals surface area contributed by atoms with E-state index in [0.717, 1.165) is 0 Å². The fraction of sp³-hybridized carbons (Fsp3) is 0.533. The molecule has 1 unspecified atom stereocenters. The molecule has 65 heavy (non-hydrogen) atoms. The molecule has 2 saturated carbocycles. The molecular weight excluding hydrogens is 895 g/mol. The van der Waals surface area contributed by atoms with Crippen molar-refractivity contribution in [2.75, 3.05) is 20.8 Å². The van der Waals surface area contributed by atoms with Gasteiger partial charge in [-0.05, 0) is 112 Å². The van der Waals surface area contributed by atoms with Crippen LogP contribution in [0.1, 0.15) is 72.6 Å². The van der Waals surface area contributed by atoms with Gasteiger partial charge in [0.25, 0.3) is 5.91 Å². The van der Waals surface area contributed by atoms with E-state index in [1.165, 1.54) is 19.1 Å². The summed E-state index contributed by atoms with van der Waals surface area (Å²) in [5.74, 6) is -2.73. The summed E-state index contributed by atoms with van der Waals surface area (Å²) in [6.45, 7) is 4.72. The number of sulfonamides is 1. The van der Waals surface area contributed by atoms with Crippen LogP contribution in [0.25, 0.3) is 22.0 Å². The fourth-order valence-corrected chi connectivity index (χ4v) is 10.1. The standard InChI is InChI=1S/C45H53ClF3N5O10S/c1-24-9-7-8-10-28-22-44(28,41(57)53-65(59,60)31-13-14-31)52-38(55)35-21-30(23-54(35)40(56)37(25(2)17-24)51-42(58)64-43(3,4)45(47,48)49)63-39-32-15-12-29(61-5)18-27(32)20-34(50-39)26-11-16-36(62-6)33(46)19-26/h8,10-12,15-16,18-20,24-25,28,30-31,35,37H,7,9,13-14,17,21-23H2,1-6H3,(H,51,58)(H,52,55)(H,53,57)/b10-8-/t24-,25+,28+,30+,35-,37?,44+/m0/s1. The number of hydrogen-bond acceptors (Lipinski definition) is 11. The third kappa shape index (κ3) is 10.2. The number of allylic oxidation sites excluding steroid dienone is 1. The summed E-state index contributed by atoms with van der Waals surface area (Å²) in [5.41, 5.74) is -3.53. The van der Waals surface area contributed by atoms with Gasteiger partial charge >= 0.3 is 12.3 Å². The van der Waals surface area contributed by atoms with Crippen LogP contribution in [-0.2, 0) is 29.1 Å². The molecule has 0 bridgehead atoms. The second kappa shape index (κ2) is 18.2. The molecule has 3 heterocycles. The van der Waals surface area contributed by atoms with E-state index in [4.69, 9.17) is 35.5 Å². The molecule has 7 rings (SSSR count). The first-order chi connectivity index (χ1) is 30.5. The van der Waals surface area contributed by atoms with Crippen LogP contribution in [0.5, 0.6) is 17.4 Å². The first kappa shape index (κ1) is 47.7. The lowest BCUT2D eigenvalue weighted by atomic mass is 9.88. The van der Waals surface area contributed by atoms with Gasteiger partial charge in [0, 0.05) is 23.3 Å². The van der Waals surface area contributed by atoms with Crippen molar-refractivity contribution in [1.82, 2.24) is 25.2 Å². The number of ether oxygens (including phenoxy) is 4. The van der Waals surface area contributed by atoms with Crippen molar-refractivity contribution in [2.45, 2.75) is 113 Å². The highest BCUT2D eigenvalue weighted by atomic mass is 35.5. The van der Waals surface area contributed by atoms with E-state index in [2.05, 4.69) is 15.4 Å². The number of pyridine rings is 1. The summed E-state index contributed by atoms with van der Waals surface area (Å²) >= 11 is 6.50. The average molecular weight is 948 g/mol. The number of amides is 4. The number of carbonyl (C=O) groups excluding carboxylic acids is 4. The Morgan fingerprint density at radius 1 is 1.00 bits per heavy atom. The van der Waals surface area contributed by atoms with Crippen LogP contribution in [0.15, 0.2) is 54.6 Å². The Hall–Kier alpha value is -5.30. The number of nitrogens with zero attached hydrogens (tertiary/aromatic N) is 2. The average Bonchev–Trinajstić information content (AvgIpc) is 4.17. The van der Waals surface area contributed by atoms with Crippen LogP contribution >= 0.6 is 11.6 Å². The van der Waals surface area contributed by atoms with Gasteiger partial charge in [0.1, 0.15) is 35.2 Å². The molecule has 0 spiro atoms. The Morgan fingerprint density at radius 2 is 1.74 bits per heavy atom. The Balaban J connectivity index is 1.27. The number of halogens is 4. The summed E-state index contributed by atoms with van der Waals surface area (Å²) < 4.78 is 92.0. The van der Waals surface area contributed by atoms with Crippen molar-refractivity contribution >= 4 is 56.2 Å². The van der Waals surface area contributed by atoms with E-state index in [1.54, 1.807) is 49.4 Å². The Labute approximate surface area is 380 Å². The molecule has 15 nitrogen and oxygen atoms in total. The fourth-order valence-electron chi connectivity index (χ4n) is 8.50. The number of benzene rings is 2. The van der Waals surface area contributed by atoms with Gasteiger partial charge in [0.05, 0.1) is 36.7 Å². The number of methoxy groups -OCH3 is 2. The maximum Gasteiger partial charge on any atom is 0.427 e. The summed E-state index contributed by atoms with van der Waals surface area (Å²) in [6.07, 6.45) is -1.58. The molecule has 7 atom stereocenters. The first-order valence-electron chi connectivity index (χ1n) is 21.5. The highest BCUT2D eigenvalue weighted by Gasteiger charge is 2.62. The lowest BCUT2D eigenvalue weighted by Crippen LogP contribution is -2.59. The van der Waals surface area contributed by atoms with Gasteiger partial charge in [-0.2, -0.15) is 13.2 Å². The van der Waals surface area contributed by atoms with Gasteiger partial charge in [0.15, 0.2) is 0 Å². The molecule has 3 aromatic rings. The molecule has 4 aliphatic rings. The topological polar surface area (TPSA) is 192 Å². The van der Waals surface area contributed by atoms with Crippen molar-refractivity contribution < 1.29 is 59.7 Å². The smallest absolute Gasteiger partial charge is 0.427 e. The lowest BCUT2D eigenvalue weighted by molar-refractivity contribution is -0.244. The molecule has 20 heteroatoms. The molecule has 3 fully saturated rings. The minimum atomic E-state index is -4.94. The van der Waals surface area contributed by atoms with E-state index >= 15 is 0 Å². The van der Waals surface area contributed by atoms with Crippen LogP contribution in [0.4, 0.5) is 18.0 Å². The minimum Gasteiger partial charge on any atom is -0.497 e. The number of aromatic nitrogens is 1. The Kier molecular flexibility index (Phi) is 13.3. The number of alkyl carbamates (subject to hydrolysis) is 1. The van der Waals surface area contributed by atoms with Gasteiger partial charge in [-0.15, -0.1) is 0 Å². The van der Waals surface area contributed by atoms with E-state index in [-0.39, 0.29) is 31.2 Å². The maximum absolute atomic E-state index is 15.0. The van der Waals surface area contributed by atoms with Gasteiger partial charge in [-0.25, -0.2) is 18.2 Å². The molecule has 3 N–H and O–H groups in total. The van der Waals surface area contributed by atoms with Gasteiger partial charge in [-0.3, -0.25) is 19.1 Å². The van der Waals surface area contributed by atoms with E-state index in [9.17, 15) is 40.8 Å². The van der Waals surface area contributed by atoms with E-state index in [0.29, 0.717) is 84.5 Å². The van der Waals surface area contributed by atoms with E-state index in [1.807, 2.05) is 19.1 Å². The molecule has 0 radical (unpaired) electrons.